The zero-order valence-corrected chi connectivity index (χ0v) is 17.8. The molecule has 1 aromatic heterocycles. The van der Waals surface area contributed by atoms with Crippen LogP contribution in [-0.2, 0) is 13.1 Å². The number of carbonyl (C=O) groups is 1. The molecule has 0 radical (unpaired) electrons. The molecule has 0 aliphatic heterocycles. The molecule has 1 heterocycles. The van der Waals surface area contributed by atoms with Crippen LogP contribution in [0.5, 0.6) is 0 Å². The minimum absolute atomic E-state index is 0. The number of nitrogens with one attached hydrogen (secondary N) is 3. The molecule has 0 aliphatic rings. The van der Waals surface area contributed by atoms with Gasteiger partial charge in [-0.1, -0.05) is 12.1 Å². The van der Waals surface area contributed by atoms with E-state index in [-0.39, 0.29) is 29.9 Å². The lowest BCUT2D eigenvalue weighted by Gasteiger charge is -2.10. The Bertz CT molecular complexity index is 717. The summed E-state index contributed by atoms with van der Waals surface area (Å²) in [5, 5.41) is 10.1. The Morgan fingerprint density at radius 1 is 1.32 bits per heavy atom. The van der Waals surface area contributed by atoms with Crippen molar-refractivity contribution in [2.75, 3.05) is 13.6 Å². The summed E-state index contributed by atoms with van der Waals surface area (Å²) in [6.45, 7) is 5.98. The van der Waals surface area contributed by atoms with Gasteiger partial charge in [0.15, 0.2) is 5.96 Å². The van der Waals surface area contributed by atoms with E-state index in [0.717, 1.165) is 23.1 Å². The van der Waals surface area contributed by atoms with Gasteiger partial charge in [0, 0.05) is 30.2 Å². The van der Waals surface area contributed by atoms with E-state index in [1.165, 1.54) is 4.88 Å². The van der Waals surface area contributed by atoms with E-state index in [1.54, 1.807) is 24.5 Å². The van der Waals surface area contributed by atoms with Gasteiger partial charge in [0.05, 0.1) is 13.1 Å². The molecule has 0 atom stereocenters. The average Bonchev–Trinajstić information content (AvgIpc) is 3.02. The summed E-state index contributed by atoms with van der Waals surface area (Å²) in [7, 11) is 1.63. The van der Waals surface area contributed by atoms with E-state index < -0.39 is 0 Å². The summed E-state index contributed by atoms with van der Waals surface area (Å²) in [6.07, 6.45) is 1.87. The van der Waals surface area contributed by atoms with Crippen molar-refractivity contribution in [2.45, 2.75) is 26.9 Å². The Balaban J connectivity index is 0.00000312. The highest BCUT2D eigenvalue weighted by Crippen LogP contribution is 2.10. The van der Waals surface area contributed by atoms with E-state index in [2.05, 4.69) is 25.9 Å². The van der Waals surface area contributed by atoms with Gasteiger partial charge in [-0.3, -0.25) is 4.79 Å². The number of rotatable bonds is 6. The Hall–Kier alpha value is -1.68. The molecule has 0 fully saturated rings. The SMILES string of the molecule is CCNC(=NCc1cccc(C(=O)NC)c1)NCc1ncc(C)s1.I. The molecule has 8 heteroatoms. The number of hydrogen-bond donors (Lipinski definition) is 3. The Kier molecular flexibility index (Phi) is 9.43. The van der Waals surface area contributed by atoms with E-state index in [9.17, 15) is 4.79 Å². The predicted octanol–water partition coefficient (Wildman–Crippen LogP) is 2.68. The number of guanidine groups is 1. The number of thiazole rings is 1. The molecule has 0 saturated heterocycles. The van der Waals surface area contributed by atoms with Crippen molar-refractivity contribution >= 4 is 47.2 Å². The van der Waals surface area contributed by atoms with Crippen molar-refractivity contribution in [1.82, 2.24) is 20.9 Å². The zero-order valence-electron chi connectivity index (χ0n) is 14.6. The van der Waals surface area contributed by atoms with Crippen LogP contribution in [0, 0.1) is 6.92 Å². The molecule has 0 spiro atoms. The van der Waals surface area contributed by atoms with Gasteiger partial charge in [0.1, 0.15) is 5.01 Å². The standard InChI is InChI=1S/C17H23N5OS.HI/c1-4-19-17(22-11-15-20-9-12(2)24-15)21-10-13-6-5-7-14(8-13)16(23)18-3;/h5-9H,4,10-11H2,1-3H3,(H,18,23)(H2,19,21,22);1H. The third kappa shape index (κ3) is 6.99. The van der Waals surface area contributed by atoms with Gasteiger partial charge >= 0.3 is 0 Å². The van der Waals surface area contributed by atoms with Crippen LogP contribution in [0.3, 0.4) is 0 Å². The minimum atomic E-state index is -0.0926. The van der Waals surface area contributed by atoms with Crippen molar-refractivity contribution in [1.29, 1.82) is 0 Å². The van der Waals surface area contributed by atoms with Crippen molar-refractivity contribution in [3.8, 4) is 0 Å². The number of benzene rings is 1. The van der Waals surface area contributed by atoms with Crippen molar-refractivity contribution < 1.29 is 4.79 Å². The van der Waals surface area contributed by atoms with E-state index in [4.69, 9.17) is 0 Å². The Morgan fingerprint density at radius 3 is 2.76 bits per heavy atom. The van der Waals surface area contributed by atoms with Crippen molar-refractivity contribution in [3.05, 3.63) is 51.5 Å². The summed E-state index contributed by atoms with van der Waals surface area (Å²) in [4.78, 5) is 21.8. The zero-order chi connectivity index (χ0) is 17.4. The van der Waals surface area contributed by atoms with Crippen LogP contribution < -0.4 is 16.0 Å². The van der Waals surface area contributed by atoms with Crippen molar-refractivity contribution in [2.24, 2.45) is 4.99 Å². The third-order valence-electron chi connectivity index (χ3n) is 3.26. The van der Waals surface area contributed by atoms with Gasteiger partial charge in [0.2, 0.25) is 0 Å². The van der Waals surface area contributed by atoms with E-state index in [1.807, 2.05) is 38.2 Å². The molecule has 1 amide bonds. The fourth-order valence-corrected chi connectivity index (χ4v) is 2.84. The van der Waals surface area contributed by atoms with Crippen LogP contribution in [0.4, 0.5) is 0 Å². The molecular formula is C17H24IN5OS. The van der Waals surface area contributed by atoms with Crippen molar-refractivity contribution in [3.63, 3.8) is 0 Å². The lowest BCUT2D eigenvalue weighted by atomic mass is 10.1. The first kappa shape index (κ1) is 21.4. The summed E-state index contributed by atoms with van der Waals surface area (Å²) >= 11 is 1.67. The van der Waals surface area contributed by atoms with E-state index >= 15 is 0 Å². The highest BCUT2D eigenvalue weighted by Gasteiger charge is 2.04. The molecule has 25 heavy (non-hydrogen) atoms. The molecule has 136 valence electrons. The second-order valence-corrected chi connectivity index (χ2v) is 6.51. The molecule has 2 rings (SSSR count). The summed E-state index contributed by atoms with van der Waals surface area (Å²) in [6, 6.07) is 7.48. The summed E-state index contributed by atoms with van der Waals surface area (Å²) in [5.74, 6) is 0.640. The number of nitrogens with zero attached hydrogens (tertiary/aromatic N) is 2. The first-order valence-electron chi connectivity index (χ1n) is 7.87. The largest absolute Gasteiger partial charge is 0.357 e. The maximum Gasteiger partial charge on any atom is 0.251 e. The molecular weight excluding hydrogens is 449 g/mol. The van der Waals surface area contributed by atoms with E-state index in [0.29, 0.717) is 18.7 Å². The average molecular weight is 473 g/mol. The summed E-state index contributed by atoms with van der Waals surface area (Å²) in [5.41, 5.74) is 1.62. The molecule has 2 aromatic rings. The lowest BCUT2D eigenvalue weighted by molar-refractivity contribution is 0.0963. The molecule has 6 nitrogen and oxygen atoms in total. The highest BCUT2D eigenvalue weighted by molar-refractivity contribution is 14.0. The van der Waals surface area contributed by atoms with Gasteiger partial charge in [-0.25, -0.2) is 9.98 Å². The van der Waals surface area contributed by atoms with Crippen LogP contribution in [0.25, 0.3) is 0 Å². The van der Waals surface area contributed by atoms with Crippen LogP contribution in [0.1, 0.15) is 32.7 Å². The smallest absolute Gasteiger partial charge is 0.251 e. The van der Waals surface area contributed by atoms with Crippen LogP contribution >= 0.6 is 35.3 Å². The van der Waals surface area contributed by atoms with Gasteiger partial charge in [0.25, 0.3) is 5.91 Å². The molecule has 0 saturated carbocycles. The molecule has 0 bridgehead atoms. The number of aromatic nitrogens is 1. The fourth-order valence-electron chi connectivity index (χ4n) is 2.11. The number of halogens is 1. The predicted molar refractivity (Wildman–Crippen MR) is 114 cm³/mol. The van der Waals surface area contributed by atoms with Crippen LogP contribution in [0.15, 0.2) is 35.5 Å². The summed E-state index contributed by atoms with van der Waals surface area (Å²) < 4.78 is 0. The molecule has 3 N–H and O–H groups in total. The van der Waals surface area contributed by atoms with Gasteiger partial charge < -0.3 is 16.0 Å². The number of aryl methyl sites for hydroxylation is 1. The fraction of sp³-hybridized carbons (Fsp3) is 0.353. The van der Waals surface area contributed by atoms with Gasteiger partial charge in [-0.2, -0.15) is 0 Å². The quantitative estimate of drug-likeness (QED) is 0.343. The minimum Gasteiger partial charge on any atom is -0.357 e. The first-order valence-corrected chi connectivity index (χ1v) is 8.68. The third-order valence-corrected chi connectivity index (χ3v) is 4.17. The molecule has 0 unspecified atom stereocenters. The van der Waals surface area contributed by atoms with Crippen LogP contribution in [-0.4, -0.2) is 30.4 Å². The Morgan fingerprint density at radius 2 is 2.12 bits per heavy atom. The molecule has 1 aromatic carbocycles. The normalized spacial score (nSPS) is 10.8. The number of hydrogen-bond acceptors (Lipinski definition) is 4. The van der Waals surface area contributed by atoms with Gasteiger partial charge in [-0.05, 0) is 31.5 Å². The number of aliphatic imine (C=N–C) groups is 1. The second-order valence-electron chi connectivity index (χ2n) is 5.19. The first-order chi connectivity index (χ1) is 11.6. The highest BCUT2D eigenvalue weighted by atomic mass is 127. The maximum atomic E-state index is 11.7. The van der Waals surface area contributed by atoms with Crippen LogP contribution in [0.2, 0.25) is 0 Å². The second kappa shape index (κ2) is 11.0. The Labute approximate surface area is 169 Å². The topological polar surface area (TPSA) is 78.4 Å². The monoisotopic (exact) mass is 473 g/mol. The maximum absolute atomic E-state index is 11.7. The van der Waals surface area contributed by atoms with Gasteiger partial charge in [-0.15, -0.1) is 35.3 Å². The lowest BCUT2D eigenvalue weighted by Crippen LogP contribution is -2.36. The number of carbonyl (C=O) groups excluding carboxylic acids is 1. The number of amides is 1. The molecule has 0 aliphatic carbocycles.